The summed E-state index contributed by atoms with van der Waals surface area (Å²) in [6.45, 7) is 2.96. The molecule has 5 N–H and O–H groups in total. The van der Waals surface area contributed by atoms with Gasteiger partial charge in [-0.1, -0.05) is 67.2 Å². The number of nitrogens with one attached hydrogen (secondary N) is 1. The second-order valence-electron chi connectivity index (χ2n) is 8.10. The molecule has 0 aliphatic rings. The summed E-state index contributed by atoms with van der Waals surface area (Å²) >= 11 is 0.876. The molecule has 0 unspecified atom stereocenters. The normalized spacial score (nSPS) is 13.4. The molecular formula is C25H30N6O4S. The van der Waals surface area contributed by atoms with Gasteiger partial charge in [0.2, 0.25) is 11.9 Å². The van der Waals surface area contributed by atoms with E-state index in [4.69, 9.17) is 11.5 Å². The fraction of sp³-hybridized carbons (Fsp3) is 0.280. The van der Waals surface area contributed by atoms with Crippen LogP contribution in [0.25, 0.3) is 0 Å². The third-order valence-electron chi connectivity index (χ3n) is 5.02. The van der Waals surface area contributed by atoms with Crippen LogP contribution in [0, 0.1) is 0 Å². The molecule has 0 aliphatic heterocycles. The number of carbonyl (C=O) groups is 4. The molecule has 0 radical (unpaired) electrons. The number of rotatable bonds is 8. The Morgan fingerprint density at radius 2 is 1.61 bits per heavy atom. The van der Waals surface area contributed by atoms with Crippen molar-refractivity contribution in [1.82, 2.24) is 10.2 Å². The molecule has 10 nitrogen and oxygen atoms in total. The third kappa shape index (κ3) is 8.35. The van der Waals surface area contributed by atoms with Gasteiger partial charge in [-0.25, -0.2) is 0 Å². The topological polar surface area (TPSA) is 160 Å². The van der Waals surface area contributed by atoms with Crippen LogP contribution in [-0.4, -0.2) is 65.4 Å². The largest absolute Gasteiger partial charge is 0.369 e. The highest BCUT2D eigenvalue weighted by molar-refractivity contribution is 8.13. The summed E-state index contributed by atoms with van der Waals surface area (Å²) in [6, 6.07) is 14.6. The summed E-state index contributed by atoms with van der Waals surface area (Å²) in [6.07, 6.45) is 0. The number of hydrogen-bond donors (Lipinski definition) is 3. The van der Waals surface area contributed by atoms with Gasteiger partial charge in [-0.3, -0.25) is 19.2 Å². The quantitative estimate of drug-likeness (QED) is 0.274. The highest BCUT2D eigenvalue weighted by Crippen LogP contribution is 2.24. The SMILES string of the molecule is CC(=O)N[C@H](CSC(=O)[C@H](C)c1cccc(C(=O)c2ccccc2)c1)C(=O)N=C(N)N=C(N)N(C)C. The van der Waals surface area contributed by atoms with E-state index in [1.54, 1.807) is 69.6 Å². The number of aliphatic imine (C=N–C) groups is 2. The minimum absolute atomic E-state index is 0.0477. The van der Waals surface area contributed by atoms with Crippen molar-refractivity contribution in [2.45, 2.75) is 25.8 Å². The highest BCUT2D eigenvalue weighted by Gasteiger charge is 2.24. The molecule has 2 amide bonds. The second-order valence-corrected chi connectivity index (χ2v) is 9.12. The molecule has 2 aromatic carbocycles. The average Bonchev–Trinajstić information content (AvgIpc) is 2.85. The lowest BCUT2D eigenvalue weighted by Gasteiger charge is -2.16. The molecule has 0 spiro atoms. The Labute approximate surface area is 214 Å². The first kappa shape index (κ1) is 28.2. The van der Waals surface area contributed by atoms with Gasteiger partial charge in [0.05, 0.1) is 5.92 Å². The predicted molar refractivity (Wildman–Crippen MR) is 142 cm³/mol. The van der Waals surface area contributed by atoms with Gasteiger partial charge in [-0.15, -0.1) is 0 Å². The van der Waals surface area contributed by atoms with E-state index in [9.17, 15) is 19.2 Å². The average molecular weight is 511 g/mol. The maximum atomic E-state index is 12.9. The standard InChI is InChI=1S/C25H30N6O4S/c1-15(18-11-8-12-19(13-18)21(33)17-9-6-5-7-10-17)23(35)36-14-20(28-16(2)32)22(34)29-24(26)30-25(27)31(3)4/h5-13,15,20H,14H2,1-4H3,(H,28,32)(H4,26,27,29,30,34)/t15-,20-/m1/s1. The van der Waals surface area contributed by atoms with Crippen LogP contribution in [0.3, 0.4) is 0 Å². The van der Waals surface area contributed by atoms with Crippen LogP contribution in [0.15, 0.2) is 64.6 Å². The smallest absolute Gasteiger partial charge is 0.272 e. The van der Waals surface area contributed by atoms with Crippen molar-refractivity contribution in [3.05, 3.63) is 71.3 Å². The summed E-state index contributed by atoms with van der Waals surface area (Å²) in [5, 5.41) is 2.24. The lowest BCUT2D eigenvalue weighted by atomic mass is 9.96. The summed E-state index contributed by atoms with van der Waals surface area (Å²) in [7, 11) is 3.29. The Hall–Kier alpha value is -3.99. The van der Waals surface area contributed by atoms with Crippen LogP contribution >= 0.6 is 11.8 Å². The summed E-state index contributed by atoms with van der Waals surface area (Å²) < 4.78 is 0. The van der Waals surface area contributed by atoms with Gasteiger partial charge in [0.1, 0.15) is 6.04 Å². The summed E-state index contributed by atoms with van der Waals surface area (Å²) in [4.78, 5) is 58.8. The molecule has 0 fully saturated rings. The van der Waals surface area contributed by atoms with Crippen molar-refractivity contribution in [3.63, 3.8) is 0 Å². The van der Waals surface area contributed by atoms with E-state index < -0.39 is 23.8 Å². The Balaban J connectivity index is 2.11. The van der Waals surface area contributed by atoms with E-state index in [1.807, 2.05) is 6.07 Å². The van der Waals surface area contributed by atoms with E-state index in [-0.39, 0.29) is 28.6 Å². The highest BCUT2D eigenvalue weighted by atomic mass is 32.2. The van der Waals surface area contributed by atoms with Gasteiger partial charge in [-0.2, -0.15) is 9.98 Å². The Morgan fingerprint density at radius 1 is 0.972 bits per heavy atom. The van der Waals surface area contributed by atoms with Crippen molar-refractivity contribution in [3.8, 4) is 0 Å². The molecule has 0 bridgehead atoms. The number of amides is 2. The molecule has 0 saturated heterocycles. The molecule has 2 rings (SSSR count). The van der Waals surface area contributed by atoms with Gasteiger partial charge in [-0.05, 0) is 11.6 Å². The monoisotopic (exact) mass is 510 g/mol. The maximum Gasteiger partial charge on any atom is 0.272 e. The first-order valence-corrected chi connectivity index (χ1v) is 12.0. The number of guanidine groups is 2. The number of ketones is 1. The fourth-order valence-corrected chi connectivity index (χ4v) is 3.93. The molecule has 0 saturated carbocycles. The molecule has 190 valence electrons. The Kier molecular flexibility index (Phi) is 10.4. The number of thioether (sulfide) groups is 1. The summed E-state index contributed by atoms with van der Waals surface area (Å²) in [5.74, 6) is -2.32. The van der Waals surface area contributed by atoms with Gasteiger partial charge < -0.3 is 21.7 Å². The van der Waals surface area contributed by atoms with Crippen LogP contribution in [0.4, 0.5) is 0 Å². The molecule has 0 heterocycles. The molecular weight excluding hydrogens is 480 g/mol. The molecule has 0 aliphatic carbocycles. The lowest BCUT2D eigenvalue weighted by Crippen LogP contribution is -2.42. The van der Waals surface area contributed by atoms with Crippen molar-refractivity contribution < 1.29 is 19.2 Å². The summed E-state index contributed by atoms with van der Waals surface area (Å²) in [5.41, 5.74) is 13.0. The van der Waals surface area contributed by atoms with Crippen molar-refractivity contribution >= 4 is 46.4 Å². The first-order valence-electron chi connectivity index (χ1n) is 11.0. The predicted octanol–water partition coefficient (Wildman–Crippen LogP) is 1.50. The minimum atomic E-state index is -1.09. The Bertz CT molecular complexity index is 1180. The minimum Gasteiger partial charge on any atom is -0.369 e. The maximum absolute atomic E-state index is 12.9. The lowest BCUT2D eigenvalue weighted by molar-refractivity contribution is -0.125. The number of nitrogens with two attached hydrogens (primary N) is 2. The zero-order chi connectivity index (χ0) is 26.8. The van der Waals surface area contributed by atoms with E-state index in [0.29, 0.717) is 16.7 Å². The van der Waals surface area contributed by atoms with Gasteiger partial charge in [0.25, 0.3) is 5.91 Å². The Morgan fingerprint density at radius 3 is 2.22 bits per heavy atom. The molecule has 2 atom stereocenters. The van der Waals surface area contributed by atoms with Crippen LogP contribution in [0.2, 0.25) is 0 Å². The second kappa shape index (κ2) is 13.2. The van der Waals surface area contributed by atoms with Gasteiger partial charge >= 0.3 is 0 Å². The first-order chi connectivity index (χ1) is 17.0. The van der Waals surface area contributed by atoms with E-state index in [0.717, 1.165) is 11.8 Å². The zero-order valence-electron chi connectivity index (χ0n) is 20.6. The molecule has 11 heteroatoms. The molecule has 36 heavy (non-hydrogen) atoms. The van der Waals surface area contributed by atoms with E-state index in [2.05, 4.69) is 15.3 Å². The van der Waals surface area contributed by atoms with Crippen LogP contribution in [0.5, 0.6) is 0 Å². The van der Waals surface area contributed by atoms with E-state index in [1.165, 1.54) is 11.8 Å². The number of hydrogen-bond acceptors (Lipinski definition) is 5. The fourth-order valence-electron chi connectivity index (χ4n) is 2.99. The van der Waals surface area contributed by atoms with Crippen molar-refractivity contribution in [2.75, 3.05) is 19.8 Å². The molecule has 2 aromatic rings. The zero-order valence-corrected chi connectivity index (χ0v) is 21.4. The number of benzene rings is 2. The van der Waals surface area contributed by atoms with Crippen LogP contribution in [-0.2, 0) is 14.4 Å². The van der Waals surface area contributed by atoms with Crippen molar-refractivity contribution in [1.29, 1.82) is 0 Å². The van der Waals surface area contributed by atoms with E-state index >= 15 is 0 Å². The van der Waals surface area contributed by atoms with Gasteiger partial charge in [0.15, 0.2) is 16.9 Å². The van der Waals surface area contributed by atoms with Crippen LogP contribution < -0.4 is 16.8 Å². The molecule has 0 aromatic heterocycles. The van der Waals surface area contributed by atoms with Crippen molar-refractivity contribution in [2.24, 2.45) is 21.5 Å². The van der Waals surface area contributed by atoms with Gasteiger partial charge in [0, 0.05) is 37.9 Å². The third-order valence-corrected chi connectivity index (χ3v) is 6.16. The number of nitrogens with zero attached hydrogens (tertiary/aromatic N) is 3. The van der Waals surface area contributed by atoms with Crippen LogP contribution in [0.1, 0.15) is 41.3 Å². The number of carbonyl (C=O) groups excluding carboxylic acids is 4.